The Kier molecular flexibility index (Phi) is 5.96. The highest BCUT2D eigenvalue weighted by Gasteiger charge is 2.18. The molecule has 0 unspecified atom stereocenters. The lowest BCUT2D eigenvalue weighted by Gasteiger charge is -2.07. The molecular weight excluding hydrogens is 336 g/mol. The molecule has 0 radical (unpaired) electrons. The molecule has 0 spiro atoms. The maximum absolute atomic E-state index is 12.0. The van der Waals surface area contributed by atoms with E-state index in [1.165, 1.54) is 18.2 Å². The summed E-state index contributed by atoms with van der Waals surface area (Å²) in [5.41, 5.74) is -0.0640. The smallest absolute Gasteiger partial charge is 0.336 e. The standard InChI is InChI=1S/C12H15BrO5S/c1-2-18-6-3-7-19(16,17)9-4-5-11(13)10(8-9)12(14)15/h4-5,8H,2-3,6-7H2,1H3,(H,14,15). The molecule has 1 rings (SSSR count). The zero-order chi connectivity index (χ0) is 14.5. The molecule has 0 aliphatic carbocycles. The van der Waals surface area contributed by atoms with Crippen molar-refractivity contribution in [3.8, 4) is 0 Å². The third-order valence-corrected chi connectivity index (χ3v) is 4.92. The number of sulfone groups is 1. The van der Waals surface area contributed by atoms with Gasteiger partial charge in [0.1, 0.15) is 0 Å². The van der Waals surface area contributed by atoms with Gasteiger partial charge >= 0.3 is 5.97 Å². The summed E-state index contributed by atoms with van der Waals surface area (Å²) in [7, 11) is -3.48. The second-order valence-electron chi connectivity index (χ2n) is 3.82. The van der Waals surface area contributed by atoms with E-state index in [4.69, 9.17) is 9.84 Å². The van der Waals surface area contributed by atoms with Crippen molar-refractivity contribution in [3.05, 3.63) is 28.2 Å². The molecule has 0 aromatic heterocycles. The second-order valence-corrected chi connectivity index (χ2v) is 6.78. The highest BCUT2D eigenvalue weighted by Crippen LogP contribution is 2.22. The van der Waals surface area contributed by atoms with Crippen LogP contribution in [0.15, 0.2) is 27.6 Å². The van der Waals surface area contributed by atoms with Crippen molar-refractivity contribution in [1.29, 1.82) is 0 Å². The first-order chi connectivity index (χ1) is 8.88. The number of aromatic carboxylic acids is 1. The van der Waals surface area contributed by atoms with Crippen LogP contribution in [0.5, 0.6) is 0 Å². The number of hydrogen-bond acceptors (Lipinski definition) is 4. The lowest BCUT2D eigenvalue weighted by atomic mass is 10.2. The molecule has 106 valence electrons. The van der Waals surface area contributed by atoms with Crippen LogP contribution in [-0.2, 0) is 14.6 Å². The van der Waals surface area contributed by atoms with Crippen LogP contribution in [0, 0.1) is 0 Å². The molecule has 0 saturated heterocycles. The first-order valence-corrected chi connectivity index (χ1v) is 8.16. The molecule has 7 heteroatoms. The number of carboxylic acids is 1. The van der Waals surface area contributed by atoms with E-state index in [1.807, 2.05) is 6.92 Å². The van der Waals surface area contributed by atoms with Gasteiger partial charge in [0.2, 0.25) is 0 Å². The quantitative estimate of drug-likeness (QED) is 0.763. The van der Waals surface area contributed by atoms with E-state index in [2.05, 4.69) is 15.9 Å². The van der Waals surface area contributed by atoms with Crippen molar-refractivity contribution in [2.75, 3.05) is 19.0 Å². The van der Waals surface area contributed by atoms with Crippen molar-refractivity contribution in [3.63, 3.8) is 0 Å². The Balaban J connectivity index is 2.89. The average Bonchev–Trinajstić information content (AvgIpc) is 2.34. The summed E-state index contributed by atoms with van der Waals surface area (Å²) >= 11 is 3.08. The van der Waals surface area contributed by atoms with Crippen molar-refractivity contribution in [1.82, 2.24) is 0 Å². The third-order valence-electron chi connectivity index (χ3n) is 2.43. The number of hydrogen-bond donors (Lipinski definition) is 1. The van der Waals surface area contributed by atoms with E-state index in [9.17, 15) is 13.2 Å². The van der Waals surface area contributed by atoms with Gasteiger partial charge in [-0.15, -0.1) is 0 Å². The second kappa shape index (κ2) is 7.02. The number of halogens is 1. The summed E-state index contributed by atoms with van der Waals surface area (Å²) in [6.45, 7) is 2.75. The lowest BCUT2D eigenvalue weighted by Crippen LogP contribution is -2.10. The first-order valence-electron chi connectivity index (χ1n) is 5.72. The van der Waals surface area contributed by atoms with Crippen molar-refractivity contribution >= 4 is 31.7 Å². The Morgan fingerprint density at radius 2 is 2.11 bits per heavy atom. The number of carboxylic acid groups (broad SMARTS) is 1. The van der Waals surface area contributed by atoms with E-state index in [1.54, 1.807) is 0 Å². The topological polar surface area (TPSA) is 80.7 Å². The van der Waals surface area contributed by atoms with Gasteiger partial charge in [-0.25, -0.2) is 13.2 Å². The van der Waals surface area contributed by atoms with Crippen LogP contribution in [0.3, 0.4) is 0 Å². The van der Waals surface area contributed by atoms with Crippen LogP contribution >= 0.6 is 15.9 Å². The average molecular weight is 351 g/mol. The number of carbonyl (C=O) groups is 1. The first kappa shape index (κ1) is 16.1. The summed E-state index contributed by atoms with van der Waals surface area (Å²) < 4.78 is 29.5. The molecule has 19 heavy (non-hydrogen) atoms. The fourth-order valence-corrected chi connectivity index (χ4v) is 3.20. The van der Waals surface area contributed by atoms with Gasteiger partial charge in [-0.2, -0.15) is 0 Å². The van der Waals surface area contributed by atoms with Gasteiger partial charge in [0.05, 0.1) is 16.2 Å². The predicted molar refractivity (Wildman–Crippen MR) is 74.3 cm³/mol. The molecule has 0 amide bonds. The summed E-state index contributed by atoms with van der Waals surface area (Å²) in [4.78, 5) is 11.0. The van der Waals surface area contributed by atoms with Crippen molar-refractivity contribution < 1.29 is 23.1 Å². The highest BCUT2D eigenvalue weighted by molar-refractivity contribution is 9.10. The minimum absolute atomic E-state index is 0.0181. The van der Waals surface area contributed by atoms with Crippen LogP contribution in [0.1, 0.15) is 23.7 Å². The van der Waals surface area contributed by atoms with Crippen LogP contribution in [0.2, 0.25) is 0 Å². The highest BCUT2D eigenvalue weighted by atomic mass is 79.9. The fraction of sp³-hybridized carbons (Fsp3) is 0.417. The van der Waals surface area contributed by atoms with Crippen LogP contribution in [-0.4, -0.2) is 38.5 Å². The summed E-state index contributed by atoms with van der Waals surface area (Å²) in [6.07, 6.45) is 0.384. The monoisotopic (exact) mass is 350 g/mol. The molecule has 0 aliphatic heterocycles. The molecule has 5 nitrogen and oxygen atoms in total. The Hall–Kier alpha value is -0.920. The molecule has 1 aromatic rings. The minimum Gasteiger partial charge on any atom is -0.478 e. The van der Waals surface area contributed by atoms with Gasteiger partial charge in [0.25, 0.3) is 0 Å². The molecule has 0 atom stereocenters. The Morgan fingerprint density at radius 1 is 1.42 bits per heavy atom. The molecule has 0 fully saturated rings. The van der Waals surface area contributed by atoms with Crippen molar-refractivity contribution in [2.45, 2.75) is 18.2 Å². The minimum atomic E-state index is -3.48. The van der Waals surface area contributed by atoms with Gasteiger partial charge in [-0.1, -0.05) is 0 Å². The van der Waals surface area contributed by atoms with E-state index < -0.39 is 15.8 Å². The van der Waals surface area contributed by atoms with E-state index in [0.717, 1.165) is 0 Å². The maximum atomic E-state index is 12.0. The van der Waals surface area contributed by atoms with E-state index >= 15 is 0 Å². The molecule has 0 heterocycles. The van der Waals surface area contributed by atoms with Crippen molar-refractivity contribution in [2.24, 2.45) is 0 Å². The Labute approximate surface area is 120 Å². The number of rotatable bonds is 7. The van der Waals surface area contributed by atoms with E-state index in [-0.39, 0.29) is 16.2 Å². The zero-order valence-corrected chi connectivity index (χ0v) is 12.8. The van der Waals surface area contributed by atoms with Crippen LogP contribution in [0.4, 0.5) is 0 Å². The summed E-state index contributed by atoms with van der Waals surface area (Å²) in [5.74, 6) is -1.23. The third kappa shape index (κ3) is 4.59. The van der Waals surface area contributed by atoms with Gasteiger partial charge < -0.3 is 9.84 Å². The normalized spacial score (nSPS) is 11.5. The van der Waals surface area contributed by atoms with Crippen LogP contribution < -0.4 is 0 Å². The summed E-state index contributed by atoms with van der Waals surface area (Å²) in [6, 6.07) is 3.99. The molecule has 0 bridgehead atoms. The van der Waals surface area contributed by atoms with Gasteiger partial charge in [-0.3, -0.25) is 0 Å². The Bertz CT molecular complexity index is 553. The molecular formula is C12H15BrO5S. The Morgan fingerprint density at radius 3 is 2.68 bits per heavy atom. The zero-order valence-electron chi connectivity index (χ0n) is 10.4. The van der Waals surface area contributed by atoms with Crippen LogP contribution in [0.25, 0.3) is 0 Å². The molecule has 1 aromatic carbocycles. The maximum Gasteiger partial charge on any atom is 0.336 e. The predicted octanol–water partition coefficient (Wildman–Crippen LogP) is 2.35. The number of ether oxygens (including phenoxy) is 1. The molecule has 0 aliphatic rings. The summed E-state index contributed by atoms with van der Waals surface area (Å²) in [5, 5.41) is 8.96. The van der Waals surface area contributed by atoms with Gasteiger partial charge in [-0.05, 0) is 47.5 Å². The molecule has 0 saturated carbocycles. The molecule has 1 N–H and O–H groups in total. The van der Waals surface area contributed by atoms with Gasteiger partial charge in [0.15, 0.2) is 9.84 Å². The van der Waals surface area contributed by atoms with E-state index in [0.29, 0.717) is 24.1 Å². The SMILES string of the molecule is CCOCCCS(=O)(=O)c1ccc(Br)c(C(=O)O)c1. The number of benzene rings is 1. The fourth-order valence-electron chi connectivity index (χ4n) is 1.47. The van der Waals surface area contributed by atoms with Gasteiger partial charge in [0, 0.05) is 17.7 Å². The lowest BCUT2D eigenvalue weighted by molar-refractivity contribution is 0.0695. The largest absolute Gasteiger partial charge is 0.478 e.